The van der Waals surface area contributed by atoms with Gasteiger partial charge in [0.2, 0.25) is 0 Å². The zero-order valence-electron chi connectivity index (χ0n) is 13.0. The van der Waals surface area contributed by atoms with E-state index in [1.807, 2.05) is 38.4 Å². The van der Waals surface area contributed by atoms with Crippen LogP contribution in [-0.2, 0) is 6.61 Å². The Bertz CT molecular complexity index is 645. The van der Waals surface area contributed by atoms with Gasteiger partial charge in [-0.1, -0.05) is 12.1 Å². The van der Waals surface area contributed by atoms with Gasteiger partial charge in [0.15, 0.2) is 0 Å². The maximum Gasteiger partial charge on any atom is 0.128 e. The summed E-state index contributed by atoms with van der Waals surface area (Å²) < 4.78 is 5.84. The molecule has 0 spiro atoms. The Kier molecular flexibility index (Phi) is 4.28. The molecule has 3 rings (SSSR count). The van der Waals surface area contributed by atoms with Crippen molar-refractivity contribution in [2.24, 2.45) is 4.99 Å². The van der Waals surface area contributed by atoms with Crippen molar-refractivity contribution in [1.82, 2.24) is 5.32 Å². The summed E-state index contributed by atoms with van der Waals surface area (Å²) >= 11 is 0. The van der Waals surface area contributed by atoms with Crippen LogP contribution in [0, 0.1) is 0 Å². The lowest BCUT2D eigenvalue weighted by Crippen LogP contribution is -2.19. The highest BCUT2D eigenvalue weighted by Gasteiger charge is 2.07. The van der Waals surface area contributed by atoms with E-state index in [-0.39, 0.29) is 0 Å². The lowest BCUT2D eigenvalue weighted by Gasteiger charge is -2.13. The molecule has 22 heavy (non-hydrogen) atoms. The summed E-state index contributed by atoms with van der Waals surface area (Å²) in [6.07, 6.45) is 0. The molecule has 0 amide bonds. The van der Waals surface area contributed by atoms with E-state index in [2.05, 4.69) is 39.5 Å². The summed E-state index contributed by atoms with van der Waals surface area (Å²) in [4.78, 5) is 6.50. The number of benzene rings is 2. The third-order valence-corrected chi connectivity index (χ3v) is 3.66. The van der Waals surface area contributed by atoms with Crippen LogP contribution in [0.4, 0.5) is 5.69 Å². The van der Waals surface area contributed by atoms with E-state index in [1.165, 1.54) is 5.69 Å². The predicted molar refractivity (Wildman–Crippen MR) is 90.9 cm³/mol. The number of hydrogen-bond acceptors (Lipinski definition) is 4. The molecule has 2 aromatic rings. The van der Waals surface area contributed by atoms with Crippen LogP contribution in [0.25, 0.3) is 0 Å². The van der Waals surface area contributed by atoms with Crippen molar-refractivity contribution < 1.29 is 4.74 Å². The monoisotopic (exact) mass is 295 g/mol. The average Bonchev–Trinajstić information content (AvgIpc) is 3.08. The smallest absolute Gasteiger partial charge is 0.128 e. The van der Waals surface area contributed by atoms with Crippen LogP contribution in [0.2, 0.25) is 0 Å². The summed E-state index contributed by atoms with van der Waals surface area (Å²) in [6.45, 7) is 2.36. The number of nitrogens with one attached hydrogen (secondary N) is 1. The quantitative estimate of drug-likeness (QED) is 0.921. The van der Waals surface area contributed by atoms with Crippen LogP contribution in [0.1, 0.15) is 11.1 Å². The van der Waals surface area contributed by atoms with Gasteiger partial charge in [-0.15, -0.1) is 0 Å². The number of aliphatic imine (C=N–C) groups is 1. The zero-order valence-corrected chi connectivity index (χ0v) is 13.0. The summed E-state index contributed by atoms with van der Waals surface area (Å²) in [6, 6.07) is 16.5. The Labute approximate surface area is 131 Å². The van der Waals surface area contributed by atoms with E-state index >= 15 is 0 Å². The van der Waals surface area contributed by atoms with Gasteiger partial charge < -0.3 is 15.0 Å². The Morgan fingerprint density at radius 1 is 1.05 bits per heavy atom. The number of anilines is 1. The first-order valence-electron chi connectivity index (χ1n) is 7.50. The Hall–Kier alpha value is -2.49. The molecule has 4 heteroatoms. The molecule has 0 unspecified atom stereocenters. The first-order valence-corrected chi connectivity index (χ1v) is 7.50. The molecule has 0 bridgehead atoms. The second-order valence-corrected chi connectivity index (χ2v) is 5.53. The largest absolute Gasteiger partial charge is 0.489 e. The fourth-order valence-electron chi connectivity index (χ4n) is 2.36. The molecular formula is C18H21N3O. The molecule has 0 aromatic heterocycles. The van der Waals surface area contributed by atoms with Crippen LogP contribution in [0.15, 0.2) is 53.5 Å². The molecule has 0 saturated carbocycles. The lowest BCUT2D eigenvalue weighted by molar-refractivity contribution is 0.306. The van der Waals surface area contributed by atoms with Gasteiger partial charge in [0, 0.05) is 31.9 Å². The van der Waals surface area contributed by atoms with Gasteiger partial charge in [-0.25, -0.2) is 0 Å². The maximum absolute atomic E-state index is 5.84. The topological polar surface area (TPSA) is 36.9 Å². The molecule has 0 saturated heterocycles. The highest BCUT2D eigenvalue weighted by molar-refractivity contribution is 5.99. The average molecular weight is 295 g/mol. The highest BCUT2D eigenvalue weighted by atomic mass is 16.5. The van der Waals surface area contributed by atoms with E-state index in [1.54, 1.807) is 0 Å². The molecule has 114 valence electrons. The minimum Gasteiger partial charge on any atom is -0.489 e. The van der Waals surface area contributed by atoms with Crippen LogP contribution in [-0.4, -0.2) is 33.0 Å². The van der Waals surface area contributed by atoms with Gasteiger partial charge in [0.1, 0.15) is 18.2 Å². The van der Waals surface area contributed by atoms with Gasteiger partial charge in [-0.05, 0) is 42.0 Å². The molecule has 4 nitrogen and oxygen atoms in total. The van der Waals surface area contributed by atoms with E-state index in [0.717, 1.165) is 35.8 Å². The fourth-order valence-corrected chi connectivity index (χ4v) is 2.36. The molecule has 1 heterocycles. The second-order valence-electron chi connectivity index (χ2n) is 5.53. The molecule has 1 N–H and O–H groups in total. The van der Waals surface area contributed by atoms with Crippen molar-refractivity contribution in [1.29, 1.82) is 0 Å². The Balaban J connectivity index is 1.59. The number of hydrogen-bond donors (Lipinski definition) is 1. The molecule has 1 aliphatic heterocycles. The van der Waals surface area contributed by atoms with Gasteiger partial charge >= 0.3 is 0 Å². The minimum absolute atomic E-state index is 0.576. The summed E-state index contributed by atoms with van der Waals surface area (Å²) in [7, 11) is 4.08. The fraction of sp³-hybridized carbons (Fsp3) is 0.278. The van der Waals surface area contributed by atoms with Crippen molar-refractivity contribution in [2.45, 2.75) is 6.61 Å². The van der Waals surface area contributed by atoms with Crippen LogP contribution in [0.5, 0.6) is 5.75 Å². The van der Waals surface area contributed by atoms with Gasteiger partial charge in [0.05, 0.1) is 6.54 Å². The normalized spacial score (nSPS) is 13.5. The van der Waals surface area contributed by atoms with Gasteiger partial charge in [-0.2, -0.15) is 0 Å². The van der Waals surface area contributed by atoms with Crippen molar-refractivity contribution in [3.8, 4) is 5.75 Å². The van der Waals surface area contributed by atoms with Gasteiger partial charge in [-0.3, -0.25) is 4.99 Å². The summed E-state index contributed by atoms with van der Waals surface area (Å²) in [5.41, 5.74) is 3.47. The first kappa shape index (κ1) is 14.4. The van der Waals surface area contributed by atoms with Crippen molar-refractivity contribution in [2.75, 3.05) is 32.1 Å². The summed E-state index contributed by atoms with van der Waals surface area (Å²) in [5, 5.41) is 3.27. The number of rotatable bonds is 5. The second kappa shape index (κ2) is 6.52. The zero-order chi connectivity index (χ0) is 15.4. The van der Waals surface area contributed by atoms with E-state index < -0.39 is 0 Å². The van der Waals surface area contributed by atoms with Crippen LogP contribution < -0.4 is 15.0 Å². The van der Waals surface area contributed by atoms with E-state index in [0.29, 0.717) is 6.61 Å². The lowest BCUT2D eigenvalue weighted by atomic mass is 10.2. The predicted octanol–water partition coefficient (Wildman–Crippen LogP) is 2.68. The van der Waals surface area contributed by atoms with E-state index in [4.69, 9.17) is 4.74 Å². The van der Waals surface area contributed by atoms with Gasteiger partial charge in [0.25, 0.3) is 0 Å². The SMILES string of the molecule is CN(C)c1ccc(COc2ccc(C3=NCCN3)cc2)cc1. The highest BCUT2D eigenvalue weighted by Crippen LogP contribution is 2.17. The maximum atomic E-state index is 5.84. The van der Waals surface area contributed by atoms with Crippen LogP contribution >= 0.6 is 0 Å². The van der Waals surface area contributed by atoms with Crippen molar-refractivity contribution >= 4 is 11.5 Å². The summed E-state index contributed by atoms with van der Waals surface area (Å²) in [5.74, 6) is 1.85. The van der Waals surface area contributed by atoms with Crippen LogP contribution in [0.3, 0.4) is 0 Å². The number of nitrogens with zero attached hydrogens (tertiary/aromatic N) is 2. The Morgan fingerprint density at radius 2 is 1.77 bits per heavy atom. The molecule has 0 atom stereocenters. The minimum atomic E-state index is 0.576. The molecule has 2 aromatic carbocycles. The third-order valence-electron chi connectivity index (χ3n) is 3.66. The van der Waals surface area contributed by atoms with E-state index in [9.17, 15) is 0 Å². The molecule has 0 aliphatic carbocycles. The van der Waals surface area contributed by atoms with Crippen molar-refractivity contribution in [3.05, 3.63) is 59.7 Å². The Morgan fingerprint density at radius 3 is 2.36 bits per heavy atom. The third kappa shape index (κ3) is 3.39. The number of amidine groups is 1. The molecule has 0 radical (unpaired) electrons. The molecule has 0 fully saturated rings. The molecule has 1 aliphatic rings. The standard InChI is InChI=1S/C18H21N3O/c1-21(2)16-7-3-14(4-8-16)13-22-17-9-5-15(6-10-17)18-19-11-12-20-18/h3-10H,11-13H2,1-2H3,(H,19,20). The first-order chi connectivity index (χ1) is 10.7. The van der Waals surface area contributed by atoms with Crippen molar-refractivity contribution in [3.63, 3.8) is 0 Å². The number of ether oxygens (including phenoxy) is 1. The molecular weight excluding hydrogens is 274 g/mol.